The first-order chi connectivity index (χ1) is 6.29. The van der Waals surface area contributed by atoms with E-state index in [1.807, 2.05) is 25.1 Å². The Balaban J connectivity index is 2.93. The van der Waals surface area contributed by atoms with Crippen LogP contribution in [0, 0.1) is 18.3 Å². The monoisotopic (exact) mass is 193 g/mol. The van der Waals surface area contributed by atoms with Crippen molar-refractivity contribution < 1.29 is 0 Å². The normalized spacial score (nSPS) is 9.62. The number of nitrogens with zero attached hydrogens (tertiary/aromatic N) is 1. The molecule has 0 amide bonds. The standard InChI is InChI=1S/C11H12ClN/c1-9-4-2-5-10(6-3-7-12)11(9)8-13/h2,4-5H,3,6-7H2,1H3. The Morgan fingerprint density at radius 1 is 1.46 bits per heavy atom. The van der Waals surface area contributed by atoms with E-state index in [1.54, 1.807) is 0 Å². The van der Waals surface area contributed by atoms with Gasteiger partial charge in [-0.1, -0.05) is 18.2 Å². The number of halogens is 1. The number of aryl methyl sites for hydroxylation is 2. The molecule has 0 aliphatic rings. The SMILES string of the molecule is Cc1cccc(CCCCl)c1C#N. The van der Waals surface area contributed by atoms with Crippen LogP contribution < -0.4 is 0 Å². The predicted octanol–water partition coefficient (Wildman–Crippen LogP) is 3.04. The highest BCUT2D eigenvalue weighted by atomic mass is 35.5. The summed E-state index contributed by atoms with van der Waals surface area (Å²) in [7, 11) is 0. The van der Waals surface area contributed by atoms with Crippen molar-refractivity contribution in [2.75, 3.05) is 5.88 Å². The zero-order valence-electron chi connectivity index (χ0n) is 7.68. The fourth-order valence-corrected chi connectivity index (χ4v) is 1.49. The second kappa shape index (κ2) is 4.89. The van der Waals surface area contributed by atoms with Crippen LogP contribution in [0.2, 0.25) is 0 Å². The zero-order chi connectivity index (χ0) is 9.68. The van der Waals surface area contributed by atoms with Crippen LogP contribution in [0.1, 0.15) is 23.1 Å². The summed E-state index contributed by atoms with van der Waals surface area (Å²) in [5, 5.41) is 8.92. The van der Waals surface area contributed by atoms with Crippen LogP contribution in [0.5, 0.6) is 0 Å². The maximum absolute atomic E-state index is 8.92. The van der Waals surface area contributed by atoms with Crippen LogP contribution in [0.4, 0.5) is 0 Å². The molecule has 0 spiro atoms. The van der Waals surface area contributed by atoms with Crippen molar-refractivity contribution >= 4 is 11.6 Å². The Hall–Kier alpha value is -1.00. The van der Waals surface area contributed by atoms with Gasteiger partial charge in [-0.15, -0.1) is 11.6 Å². The van der Waals surface area contributed by atoms with Gasteiger partial charge in [0, 0.05) is 5.88 Å². The Labute approximate surface area is 84.0 Å². The molecule has 68 valence electrons. The first-order valence-electron chi connectivity index (χ1n) is 4.34. The second-order valence-electron chi connectivity index (χ2n) is 3.01. The number of hydrogen-bond acceptors (Lipinski definition) is 1. The Morgan fingerprint density at radius 3 is 2.85 bits per heavy atom. The molecule has 0 saturated carbocycles. The molecule has 1 aromatic carbocycles. The predicted molar refractivity (Wildman–Crippen MR) is 54.9 cm³/mol. The molecule has 0 radical (unpaired) electrons. The summed E-state index contributed by atoms with van der Waals surface area (Å²) in [6, 6.07) is 8.17. The average Bonchev–Trinajstić information content (AvgIpc) is 2.15. The third-order valence-corrected chi connectivity index (χ3v) is 2.32. The van der Waals surface area contributed by atoms with Crippen molar-refractivity contribution in [1.82, 2.24) is 0 Å². The summed E-state index contributed by atoms with van der Waals surface area (Å²) in [5.74, 6) is 0.652. The lowest BCUT2D eigenvalue weighted by Gasteiger charge is -2.04. The van der Waals surface area contributed by atoms with Crippen LogP contribution in [0.25, 0.3) is 0 Å². The zero-order valence-corrected chi connectivity index (χ0v) is 8.43. The summed E-state index contributed by atoms with van der Waals surface area (Å²) >= 11 is 5.60. The lowest BCUT2D eigenvalue weighted by atomic mass is 10.00. The van der Waals surface area contributed by atoms with Gasteiger partial charge in [0.1, 0.15) is 0 Å². The fraction of sp³-hybridized carbons (Fsp3) is 0.364. The molecule has 0 atom stereocenters. The van der Waals surface area contributed by atoms with Crippen LogP contribution in [-0.4, -0.2) is 5.88 Å². The van der Waals surface area contributed by atoms with Gasteiger partial charge in [0.05, 0.1) is 11.6 Å². The molecule has 0 saturated heterocycles. The van der Waals surface area contributed by atoms with Gasteiger partial charge < -0.3 is 0 Å². The van der Waals surface area contributed by atoms with Gasteiger partial charge in [0.15, 0.2) is 0 Å². The third-order valence-electron chi connectivity index (χ3n) is 2.05. The molecule has 0 aliphatic heterocycles. The molecular formula is C11H12ClN. The summed E-state index contributed by atoms with van der Waals surface area (Å²) in [5.41, 5.74) is 2.98. The van der Waals surface area contributed by atoms with Crippen molar-refractivity contribution in [3.63, 3.8) is 0 Å². The lowest BCUT2D eigenvalue weighted by Crippen LogP contribution is -1.93. The van der Waals surface area contributed by atoms with E-state index in [2.05, 4.69) is 6.07 Å². The minimum absolute atomic E-state index is 0.652. The fourth-order valence-electron chi connectivity index (χ4n) is 1.35. The molecule has 0 aromatic heterocycles. The van der Waals surface area contributed by atoms with Gasteiger partial charge in [-0.2, -0.15) is 5.26 Å². The summed E-state index contributed by atoms with van der Waals surface area (Å²) < 4.78 is 0. The molecule has 13 heavy (non-hydrogen) atoms. The van der Waals surface area contributed by atoms with Crippen LogP contribution >= 0.6 is 11.6 Å². The molecule has 0 bridgehead atoms. The van der Waals surface area contributed by atoms with E-state index in [-0.39, 0.29) is 0 Å². The molecule has 0 aliphatic carbocycles. The molecule has 2 heteroatoms. The van der Waals surface area contributed by atoms with Gasteiger partial charge >= 0.3 is 0 Å². The van der Waals surface area contributed by atoms with E-state index >= 15 is 0 Å². The molecule has 1 nitrogen and oxygen atoms in total. The van der Waals surface area contributed by atoms with Gasteiger partial charge in [0.2, 0.25) is 0 Å². The maximum Gasteiger partial charge on any atom is 0.0997 e. The molecule has 0 heterocycles. The summed E-state index contributed by atoms with van der Waals surface area (Å²) in [4.78, 5) is 0. The maximum atomic E-state index is 8.92. The van der Waals surface area contributed by atoms with Gasteiger partial charge in [-0.05, 0) is 30.9 Å². The van der Waals surface area contributed by atoms with Gasteiger partial charge in [-0.25, -0.2) is 0 Å². The van der Waals surface area contributed by atoms with Crippen molar-refractivity contribution in [2.45, 2.75) is 19.8 Å². The Morgan fingerprint density at radius 2 is 2.23 bits per heavy atom. The molecule has 0 fully saturated rings. The number of alkyl halides is 1. The van der Waals surface area contributed by atoms with E-state index in [9.17, 15) is 0 Å². The quantitative estimate of drug-likeness (QED) is 0.677. The number of hydrogen-bond donors (Lipinski definition) is 0. The highest BCUT2D eigenvalue weighted by Gasteiger charge is 2.03. The molecule has 1 rings (SSSR count). The second-order valence-corrected chi connectivity index (χ2v) is 3.39. The number of nitriles is 1. The Bertz CT molecular complexity index is 325. The highest BCUT2D eigenvalue weighted by molar-refractivity contribution is 6.17. The molecule has 1 aromatic rings. The first kappa shape index (κ1) is 10.1. The van der Waals surface area contributed by atoms with Gasteiger partial charge in [-0.3, -0.25) is 0 Å². The van der Waals surface area contributed by atoms with Crippen molar-refractivity contribution in [1.29, 1.82) is 5.26 Å². The van der Waals surface area contributed by atoms with Gasteiger partial charge in [0.25, 0.3) is 0 Å². The van der Waals surface area contributed by atoms with E-state index in [0.717, 1.165) is 29.5 Å². The smallest absolute Gasteiger partial charge is 0.0997 e. The Kier molecular flexibility index (Phi) is 3.79. The van der Waals surface area contributed by atoms with E-state index < -0.39 is 0 Å². The minimum Gasteiger partial charge on any atom is -0.192 e. The average molecular weight is 194 g/mol. The van der Waals surface area contributed by atoms with E-state index in [1.165, 1.54) is 0 Å². The summed E-state index contributed by atoms with van der Waals surface area (Å²) in [6.07, 6.45) is 1.83. The first-order valence-corrected chi connectivity index (χ1v) is 4.87. The third kappa shape index (κ3) is 2.47. The largest absolute Gasteiger partial charge is 0.192 e. The lowest BCUT2D eigenvalue weighted by molar-refractivity contribution is 0.923. The molecule has 0 N–H and O–H groups in total. The van der Waals surface area contributed by atoms with Crippen LogP contribution in [-0.2, 0) is 6.42 Å². The number of rotatable bonds is 3. The van der Waals surface area contributed by atoms with Crippen LogP contribution in [0.15, 0.2) is 18.2 Å². The topological polar surface area (TPSA) is 23.8 Å². The highest BCUT2D eigenvalue weighted by Crippen LogP contribution is 2.14. The number of benzene rings is 1. The van der Waals surface area contributed by atoms with E-state index in [0.29, 0.717) is 5.88 Å². The summed E-state index contributed by atoms with van der Waals surface area (Å²) in [6.45, 7) is 1.96. The van der Waals surface area contributed by atoms with Crippen molar-refractivity contribution in [3.05, 3.63) is 34.9 Å². The molecular weight excluding hydrogens is 182 g/mol. The van der Waals surface area contributed by atoms with Crippen LogP contribution in [0.3, 0.4) is 0 Å². The van der Waals surface area contributed by atoms with Crippen molar-refractivity contribution in [3.8, 4) is 6.07 Å². The van der Waals surface area contributed by atoms with Crippen molar-refractivity contribution in [2.24, 2.45) is 0 Å². The molecule has 0 unspecified atom stereocenters. The minimum atomic E-state index is 0.652. The van der Waals surface area contributed by atoms with E-state index in [4.69, 9.17) is 16.9 Å².